The van der Waals surface area contributed by atoms with Crippen LogP contribution in [-0.2, 0) is 0 Å². The van der Waals surface area contributed by atoms with Crippen molar-refractivity contribution < 1.29 is 0 Å². The van der Waals surface area contributed by atoms with Crippen LogP contribution in [0.4, 0.5) is 0 Å². The lowest BCUT2D eigenvalue weighted by molar-refractivity contribution is 0.183. The lowest BCUT2D eigenvalue weighted by Gasteiger charge is -2.30. The van der Waals surface area contributed by atoms with E-state index in [0.29, 0.717) is 6.04 Å². The SMILES string of the molecule is ClCC1CCCCCN1CC1CCCC1. The maximum atomic E-state index is 6.09. The highest BCUT2D eigenvalue weighted by Gasteiger charge is 2.24. The molecule has 1 nitrogen and oxygen atoms in total. The number of nitrogens with zero attached hydrogens (tertiary/aromatic N) is 1. The Morgan fingerprint density at radius 2 is 1.67 bits per heavy atom. The molecule has 0 bridgehead atoms. The van der Waals surface area contributed by atoms with Gasteiger partial charge >= 0.3 is 0 Å². The van der Waals surface area contributed by atoms with Crippen LogP contribution in [0.1, 0.15) is 51.4 Å². The maximum absolute atomic E-state index is 6.09. The lowest BCUT2D eigenvalue weighted by atomic mass is 10.1. The monoisotopic (exact) mass is 229 g/mol. The molecule has 0 amide bonds. The van der Waals surface area contributed by atoms with E-state index in [2.05, 4.69) is 4.90 Å². The van der Waals surface area contributed by atoms with Crippen LogP contribution >= 0.6 is 11.6 Å². The largest absolute Gasteiger partial charge is 0.299 e. The van der Waals surface area contributed by atoms with Crippen molar-refractivity contribution in [2.24, 2.45) is 5.92 Å². The Bertz CT molecular complexity index is 177. The molecule has 1 aliphatic heterocycles. The van der Waals surface area contributed by atoms with Crippen molar-refractivity contribution in [1.82, 2.24) is 4.90 Å². The Balaban J connectivity index is 1.85. The van der Waals surface area contributed by atoms with Crippen molar-refractivity contribution in [2.75, 3.05) is 19.0 Å². The highest BCUT2D eigenvalue weighted by atomic mass is 35.5. The van der Waals surface area contributed by atoms with Gasteiger partial charge in [0, 0.05) is 18.5 Å². The molecule has 1 unspecified atom stereocenters. The van der Waals surface area contributed by atoms with Gasteiger partial charge in [0.15, 0.2) is 0 Å². The summed E-state index contributed by atoms with van der Waals surface area (Å²) in [5, 5.41) is 0. The average molecular weight is 230 g/mol. The van der Waals surface area contributed by atoms with Crippen LogP contribution < -0.4 is 0 Å². The van der Waals surface area contributed by atoms with Crippen LogP contribution in [0.25, 0.3) is 0 Å². The van der Waals surface area contributed by atoms with Gasteiger partial charge < -0.3 is 0 Å². The second kappa shape index (κ2) is 6.10. The quantitative estimate of drug-likeness (QED) is 0.668. The van der Waals surface area contributed by atoms with E-state index in [0.717, 1.165) is 11.8 Å². The molecule has 88 valence electrons. The number of hydrogen-bond acceptors (Lipinski definition) is 1. The summed E-state index contributed by atoms with van der Waals surface area (Å²) in [4.78, 5) is 2.69. The first-order valence-corrected chi connectivity index (χ1v) is 7.23. The van der Waals surface area contributed by atoms with Crippen molar-refractivity contribution in [3.63, 3.8) is 0 Å². The Hall–Kier alpha value is 0.250. The molecular formula is C13H24ClN. The Morgan fingerprint density at radius 3 is 2.40 bits per heavy atom. The van der Waals surface area contributed by atoms with Crippen molar-refractivity contribution in [3.05, 3.63) is 0 Å². The third-order valence-electron chi connectivity index (χ3n) is 4.14. The fraction of sp³-hybridized carbons (Fsp3) is 1.00. The zero-order valence-corrected chi connectivity index (χ0v) is 10.5. The van der Waals surface area contributed by atoms with E-state index in [1.54, 1.807) is 0 Å². The van der Waals surface area contributed by atoms with Gasteiger partial charge in [-0.3, -0.25) is 4.90 Å². The molecule has 1 heterocycles. The number of alkyl halides is 1. The Labute approximate surface area is 99.2 Å². The van der Waals surface area contributed by atoms with Gasteiger partial charge in [0.1, 0.15) is 0 Å². The van der Waals surface area contributed by atoms with E-state index in [1.165, 1.54) is 64.5 Å². The highest BCUT2D eigenvalue weighted by Crippen LogP contribution is 2.28. The third-order valence-corrected chi connectivity index (χ3v) is 4.50. The highest BCUT2D eigenvalue weighted by molar-refractivity contribution is 6.18. The number of halogens is 1. The summed E-state index contributed by atoms with van der Waals surface area (Å²) in [6, 6.07) is 0.676. The van der Waals surface area contributed by atoms with Gasteiger partial charge in [0.2, 0.25) is 0 Å². The normalized spacial score (nSPS) is 30.6. The number of hydrogen-bond donors (Lipinski definition) is 0. The standard InChI is InChI=1S/C13H24ClN/c14-10-13-8-2-1-5-9-15(13)11-12-6-3-4-7-12/h12-13H,1-11H2. The molecule has 1 aliphatic carbocycles. The first kappa shape index (κ1) is 11.7. The first-order chi connectivity index (χ1) is 7.40. The molecule has 0 spiro atoms. The molecule has 15 heavy (non-hydrogen) atoms. The van der Waals surface area contributed by atoms with Crippen LogP contribution in [0.3, 0.4) is 0 Å². The smallest absolute Gasteiger partial charge is 0.0379 e. The fourth-order valence-electron chi connectivity index (χ4n) is 3.18. The van der Waals surface area contributed by atoms with E-state index in [4.69, 9.17) is 11.6 Å². The zero-order valence-electron chi connectivity index (χ0n) is 9.76. The fourth-order valence-corrected chi connectivity index (χ4v) is 3.53. The van der Waals surface area contributed by atoms with E-state index in [9.17, 15) is 0 Å². The van der Waals surface area contributed by atoms with Crippen LogP contribution in [0.15, 0.2) is 0 Å². The second-order valence-corrected chi connectivity index (χ2v) is 5.61. The molecule has 0 aromatic rings. The molecule has 0 radical (unpaired) electrons. The summed E-state index contributed by atoms with van der Waals surface area (Å²) in [5.74, 6) is 1.82. The van der Waals surface area contributed by atoms with Crippen molar-refractivity contribution in [3.8, 4) is 0 Å². The Kier molecular flexibility index (Phi) is 4.77. The summed E-state index contributed by atoms with van der Waals surface area (Å²) in [5.41, 5.74) is 0. The topological polar surface area (TPSA) is 3.24 Å². The van der Waals surface area contributed by atoms with Crippen molar-refractivity contribution in [2.45, 2.75) is 57.4 Å². The van der Waals surface area contributed by atoms with Crippen molar-refractivity contribution in [1.29, 1.82) is 0 Å². The molecule has 0 N–H and O–H groups in total. The van der Waals surface area contributed by atoms with E-state index < -0.39 is 0 Å². The summed E-state index contributed by atoms with van der Waals surface area (Å²) < 4.78 is 0. The summed E-state index contributed by atoms with van der Waals surface area (Å²) in [7, 11) is 0. The molecule has 1 saturated carbocycles. The van der Waals surface area contributed by atoms with E-state index in [-0.39, 0.29) is 0 Å². The van der Waals surface area contributed by atoms with Crippen LogP contribution in [0, 0.1) is 5.92 Å². The van der Waals surface area contributed by atoms with Gasteiger partial charge in [-0.15, -0.1) is 11.6 Å². The van der Waals surface area contributed by atoms with Crippen molar-refractivity contribution >= 4 is 11.6 Å². The number of likely N-dealkylation sites (tertiary alicyclic amines) is 1. The second-order valence-electron chi connectivity index (χ2n) is 5.30. The van der Waals surface area contributed by atoms with Gasteiger partial charge in [-0.05, 0) is 38.1 Å². The minimum absolute atomic E-state index is 0.676. The maximum Gasteiger partial charge on any atom is 0.0379 e. The van der Waals surface area contributed by atoms with E-state index >= 15 is 0 Å². The molecule has 2 aliphatic rings. The Morgan fingerprint density at radius 1 is 0.933 bits per heavy atom. The average Bonchev–Trinajstić information content (AvgIpc) is 2.64. The molecule has 2 rings (SSSR count). The third kappa shape index (κ3) is 3.35. The van der Waals surface area contributed by atoms with E-state index in [1.807, 2.05) is 0 Å². The van der Waals surface area contributed by atoms with Gasteiger partial charge in [0.05, 0.1) is 0 Å². The summed E-state index contributed by atoms with van der Waals surface area (Å²) in [6.07, 6.45) is 11.4. The van der Waals surface area contributed by atoms with Gasteiger partial charge in [-0.2, -0.15) is 0 Å². The number of rotatable bonds is 3. The van der Waals surface area contributed by atoms with Crippen LogP contribution in [0.2, 0.25) is 0 Å². The minimum Gasteiger partial charge on any atom is -0.299 e. The van der Waals surface area contributed by atoms with Crippen LogP contribution in [-0.4, -0.2) is 29.9 Å². The molecule has 0 aromatic carbocycles. The molecule has 2 heteroatoms. The van der Waals surface area contributed by atoms with Gasteiger partial charge in [-0.25, -0.2) is 0 Å². The molecule has 1 saturated heterocycles. The zero-order chi connectivity index (χ0) is 10.5. The summed E-state index contributed by atoms with van der Waals surface area (Å²) in [6.45, 7) is 2.63. The predicted octanol–water partition coefficient (Wildman–Crippen LogP) is 3.66. The predicted molar refractivity (Wildman–Crippen MR) is 66.5 cm³/mol. The molecule has 1 atom stereocenters. The minimum atomic E-state index is 0.676. The van der Waals surface area contributed by atoms with Gasteiger partial charge in [0.25, 0.3) is 0 Å². The first-order valence-electron chi connectivity index (χ1n) is 6.70. The molecule has 0 aromatic heterocycles. The lowest BCUT2D eigenvalue weighted by Crippen LogP contribution is -2.39. The molecular weight excluding hydrogens is 206 g/mol. The molecule has 2 fully saturated rings. The van der Waals surface area contributed by atoms with Gasteiger partial charge in [-0.1, -0.05) is 25.7 Å². The van der Waals surface area contributed by atoms with Crippen LogP contribution in [0.5, 0.6) is 0 Å². The summed E-state index contributed by atoms with van der Waals surface area (Å²) >= 11 is 6.09.